The highest BCUT2D eigenvalue weighted by atomic mass is 35.5. The molecule has 0 amide bonds. The molecule has 1 heterocycles. The molecule has 1 aliphatic rings. The molecule has 2 nitrogen and oxygen atoms in total. The first-order chi connectivity index (χ1) is 9.43. The van der Waals surface area contributed by atoms with Gasteiger partial charge in [0.05, 0.1) is 6.04 Å². The molecule has 0 spiro atoms. The van der Waals surface area contributed by atoms with E-state index in [4.69, 9.17) is 17.3 Å². The minimum absolute atomic E-state index is 0.265. The lowest BCUT2D eigenvalue weighted by molar-refractivity contribution is 0.0967. The lowest BCUT2D eigenvalue weighted by atomic mass is 9.87. The molecule has 0 bridgehead atoms. The van der Waals surface area contributed by atoms with Gasteiger partial charge in [0.25, 0.3) is 0 Å². The molecule has 2 rings (SSSR count). The molecule has 1 atom stereocenters. The van der Waals surface area contributed by atoms with Crippen LogP contribution < -0.4 is 5.73 Å². The van der Waals surface area contributed by atoms with Crippen molar-refractivity contribution in [2.24, 2.45) is 5.73 Å². The zero-order valence-electron chi connectivity index (χ0n) is 12.3. The van der Waals surface area contributed by atoms with Crippen LogP contribution >= 0.6 is 11.6 Å². The van der Waals surface area contributed by atoms with E-state index in [1.165, 1.54) is 31.7 Å². The van der Waals surface area contributed by atoms with Crippen molar-refractivity contribution in [3.05, 3.63) is 34.6 Å². The second-order valence-electron chi connectivity index (χ2n) is 6.20. The molecule has 20 heavy (non-hydrogen) atoms. The SMILES string of the molecule is CC(C)(C(N)c1ccc(Cl)cc1F)N1CCCCCC1. The van der Waals surface area contributed by atoms with Crippen molar-refractivity contribution >= 4 is 11.6 Å². The van der Waals surface area contributed by atoms with Crippen LogP contribution in [0, 0.1) is 5.82 Å². The Bertz CT molecular complexity index is 454. The van der Waals surface area contributed by atoms with Crippen LogP contribution in [0.5, 0.6) is 0 Å². The Morgan fingerprint density at radius 1 is 1.20 bits per heavy atom. The number of hydrogen-bond donors (Lipinski definition) is 1. The number of nitrogens with zero attached hydrogens (tertiary/aromatic N) is 1. The first-order valence-corrected chi connectivity index (χ1v) is 7.76. The fraction of sp³-hybridized carbons (Fsp3) is 0.625. The molecule has 1 aliphatic heterocycles. The first-order valence-electron chi connectivity index (χ1n) is 7.38. The van der Waals surface area contributed by atoms with Gasteiger partial charge in [-0.1, -0.05) is 30.5 Å². The minimum atomic E-state index is -0.363. The van der Waals surface area contributed by atoms with Crippen molar-refractivity contribution in [2.75, 3.05) is 13.1 Å². The highest BCUT2D eigenvalue weighted by molar-refractivity contribution is 6.30. The molecule has 1 fully saturated rings. The Labute approximate surface area is 126 Å². The summed E-state index contributed by atoms with van der Waals surface area (Å²) in [6, 6.07) is 4.40. The molecule has 1 unspecified atom stereocenters. The van der Waals surface area contributed by atoms with Gasteiger partial charge < -0.3 is 5.73 Å². The Hall–Kier alpha value is -0.640. The Kier molecular flexibility index (Phi) is 5.05. The first kappa shape index (κ1) is 15.7. The van der Waals surface area contributed by atoms with E-state index >= 15 is 0 Å². The molecule has 1 aromatic rings. The summed E-state index contributed by atoms with van der Waals surface area (Å²) in [4.78, 5) is 2.40. The summed E-state index contributed by atoms with van der Waals surface area (Å²) in [5.41, 5.74) is 6.66. The number of nitrogens with two attached hydrogens (primary N) is 1. The maximum Gasteiger partial charge on any atom is 0.129 e. The fourth-order valence-corrected chi connectivity index (χ4v) is 3.14. The van der Waals surface area contributed by atoms with Gasteiger partial charge in [0.1, 0.15) is 5.82 Å². The van der Waals surface area contributed by atoms with Crippen LogP contribution in [0.4, 0.5) is 4.39 Å². The van der Waals surface area contributed by atoms with E-state index in [-0.39, 0.29) is 17.4 Å². The van der Waals surface area contributed by atoms with Crippen LogP contribution in [0.3, 0.4) is 0 Å². The maximum atomic E-state index is 14.1. The monoisotopic (exact) mass is 298 g/mol. The highest BCUT2D eigenvalue weighted by Crippen LogP contribution is 2.33. The van der Waals surface area contributed by atoms with Gasteiger partial charge in [0.15, 0.2) is 0 Å². The van der Waals surface area contributed by atoms with E-state index in [0.29, 0.717) is 10.6 Å². The second kappa shape index (κ2) is 6.42. The molecule has 0 saturated carbocycles. The number of hydrogen-bond acceptors (Lipinski definition) is 2. The lowest BCUT2D eigenvalue weighted by Gasteiger charge is -2.42. The molecule has 0 aromatic heterocycles. The standard InChI is InChI=1S/C16H24ClFN2/c1-16(2,20-9-5-3-4-6-10-20)15(19)13-8-7-12(17)11-14(13)18/h7-8,11,15H,3-6,9-10,19H2,1-2H3. The highest BCUT2D eigenvalue weighted by Gasteiger charge is 2.35. The molecule has 0 radical (unpaired) electrons. The van der Waals surface area contributed by atoms with Gasteiger partial charge in [-0.2, -0.15) is 0 Å². The second-order valence-corrected chi connectivity index (χ2v) is 6.63. The van der Waals surface area contributed by atoms with Crippen LogP contribution in [0.2, 0.25) is 5.02 Å². The summed E-state index contributed by atoms with van der Waals surface area (Å²) in [6.45, 7) is 6.29. The molecular weight excluding hydrogens is 275 g/mol. The van der Waals surface area contributed by atoms with E-state index in [0.717, 1.165) is 13.1 Å². The van der Waals surface area contributed by atoms with Gasteiger partial charge in [-0.05, 0) is 51.9 Å². The van der Waals surface area contributed by atoms with Crippen molar-refractivity contribution in [1.29, 1.82) is 0 Å². The summed E-state index contributed by atoms with van der Waals surface area (Å²) in [6.07, 6.45) is 4.94. The molecule has 112 valence electrons. The minimum Gasteiger partial charge on any atom is -0.322 e. The largest absolute Gasteiger partial charge is 0.322 e. The Morgan fingerprint density at radius 2 is 1.80 bits per heavy atom. The number of likely N-dealkylation sites (tertiary alicyclic amines) is 1. The summed E-state index contributed by atoms with van der Waals surface area (Å²) in [5.74, 6) is -0.312. The van der Waals surface area contributed by atoms with E-state index in [1.54, 1.807) is 12.1 Å². The Balaban J connectivity index is 2.22. The van der Waals surface area contributed by atoms with Crippen molar-refractivity contribution in [3.63, 3.8) is 0 Å². The summed E-state index contributed by atoms with van der Waals surface area (Å²) in [7, 11) is 0. The van der Waals surface area contributed by atoms with Crippen molar-refractivity contribution in [1.82, 2.24) is 4.90 Å². The zero-order valence-corrected chi connectivity index (χ0v) is 13.1. The zero-order chi connectivity index (χ0) is 14.8. The smallest absolute Gasteiger partial charge is 0.129 e. The predicted molar refractivity (Wildman–Crippen MR) is 82.5 cm³/mol. The molecule has 2 N–H and O–H groups in total. The molecular formula is C16H24ClFN2. The van der Waals surface area contributed by atoms with Crippen LogP contribution in [0.15, 0.2) is 18.2 Å². The van der Waals surface area contributed by atoms with Crippen LogP contribution in [-0.2, 0) is 0 Å². The molecule has 0 aliphatic carbocycles. The van der Waals surface area contributed by atoms with Gasteiger partial charge in [-0.25, -0.2) is 4.39 Å². The topological polar surface area (TPSA) is 29.3 Å². The van der Waals surface area contributed by atoms with Crippen LogP contribution in [0.1, 0.15) is 51.1 Å². The van der Waals surface area contributed by atoms with Crippen molar-refractivity contribution in [3.8, 4) is 0 Å². The lowest BCUT2D eigenvalue weighted by Crippen LogP contribution is -2.51. The van der Waals surface area contributed by atoms with Gasteiger partial charge in [0, 0.05) is 16.1 Å². The van der Waals surface area contributed by atoms with E-state index in [9.17, 15) is 4.39 Å². The van der Waals surface area contributed by atoms with Gasteiger partial charge in [-0.3, -0.25) is 4.90 Å². The van der Waals surface area contributed by atoms with E-state index in [1.807, 2.05) is 0 Å². The summed E-state index contributed by atoms with van der Waals surface area (Å²) in [5, 5.41) is 0.408. The molecule has 4 heteroatoms. The van der Waals surface area contributed by atoms with Gasteiger partial charge >= 0.3 is 0 Å². The van der Waals surface area contributed by atoms with Gasteiger partial charge in [0.2, 0.25) is 0 Å². The third-order valence-corrected chi connectivity index (χ3v) is 4.71. The number of rotatable bonds is 3. The summed E-state index contributed by atoms with van der Waals surface area (Å²) >= 11 is 5.81. The fourth-order valence-electron chi connectivity index (χ4n) is 2.98. The molecule has 1 saturated heterocycles. The predicted octanol–water partition coefficient (Wildman–Crippen LogP) is 4.13. The third kappa shape index (κ3) is 3.33. The number of benzene rings is 1. The maximum absolute atomic E-state index is 14.1. The van der Waals surface area contributed by atoms with E-state index in [2.05, 4.69) is 18.7 Å². The quantitative estimate of drug-likeness (QED) is 0.909. The summed E-state index contributed by atoms with van der Waals surface area (Å²) < 4.78 is 14.1. The molecule has 1 aromatic carbocycles. The van der Waals surface area contributed by atoms with Crippen LogP contribution in [0.25, 0.3) is 0 Å². The third-order valence-electron chi connectivity index (χ3n) is 4.48. The van der Waals surface area contributed by atoms with E-state index < -0.39 is 0 Å². The van der Waals surface area contributed by atoms with Crippen molar-refractivity contribution in [2.45, 2.75) is 51.1 Å². The average Bonchev–Trinajstić information content (AvgIpc) is 2.67. The van der Waals surface area contributed by atoms with Gasteiger partial charge in [-0.15, -0.1) is 0 Å². The number of halogens is 2. The normalized spacial score (nSPS) is 19.6. The Morgan fingerprint density at radius 3 is 2.35 bits per heavy atom. The van der Waals surface area contributed by atoms with Crippen molar-refractivity contribution < 1.29 is 4.39 Å². The average molecular weight is 299 g/mol. The van der Waals surface area contributed by atoms with Crippen LogP contribution in [-0.4, -0.2) is 23.5 Å².